The smallest absolute Gasteiger partial charge is 0.0654 e. The van der Waals surface area contributed by atoms with Crippen LogP contribution in [0, 0.1) is 0 Å². The van der Waals surface area contributed by atoms with Gasteiger partial charge in [-0.1, -0.05) is 246 Å². The SMILES string of the molecule is CCCCCCCCC1=C(c2cccc(CC)c2)[N+](=[N-])C(c2cccc(CCCCC)c2)=C1CCCC.CCCCCCCCCCCCCCCCCCCCCC[CH2][Pd][CH2]CCCCCCCCCCCCCCCCCCCCCC. The Balaban J connectivity index is 0.000000587. The zero-order valence-electron chi connectivity index (χ0n) is 57.5. The van der Waals surface area contributed by atoms with Crippen LogP contribution in [0.5, 0.6) is 0 Å². The van der Waals surface area contributed by atoms with Crippen molar-refractivity contribution >= 4 is 11.4 Å². The van der Waals surface area contributed by atoms with Crippen molar-refractivity contribution in [2.75, 3.05) is 0 Å². The molecule has 0 bridgehead atoms. The zero-order chi connectivity index (χ0) is 60.3. The zero-order valence-corrected chi connectivity index (χ0v) is 59.1. The molecule has 0 saturated carbocycles. The number of aryl methyl sites for hydroxylation is 2. The van der Waals surface area contributed by atoms with E-state index in [1.54, 1.807) is 14.5 Å². The first-order chi connectivity index (χ1) is 41.6. The average molecular weight is 1250 g/mol. The summed E-state index contributed by atoms with van der Waals surface area (Å²) in [6.07, 6.45) is 80.4. The van der Waals surface area contributed by atoms with Gasteiger partial charge >= 0.3 is 169 Å². The van der Waals surface area contributed by atoms with Crippen LogP contribution in [0.25, 0.3) is 16.9 Å². The maximum absolute atomic E-state index is 11.9. The van der Waals surface area contributed by atoms with E-state index in [0.29, 0.717) is 0 Å². The van der Waals surface area contributed by atoms with E-state index >= 15 is 0 Å². The van der Waals surface area contributed by atoms with Crippen molar-refractivity contribution in [3.05, 3.63) is 87.5 Å². The van der Waals surface area contributed by atoms with Gasteiger partial charge in [0.1, 0.15) is 0 Å². The van der Waals surface area contributed by atoms with Crippen LogP contribution >= 0.6 is 0 Å². The van der Waals surface area contributed by atoms with E-state index in [1.807, 2.05) is 0 Å². The Labute approximate surface area is 535 Å². The second-order valence-electron chi connectivity index (χ2n) is 26.4. The summed E-state index contributed by atoms with van der Waals surface area (Å²) in [6.45, 7) is 13.6. The second-order valence-corrected chi connectivity index (χ2v) is 28.7. The van der Waals surface area contributed by atoms with Gasteiger partial charge in [-0.3, -0.25) is 0 Å². The fourth-order valence-corrected chi connectivity index (χ4v) is 14.8. The molecule has 2 nitrogen and oxygen atoms in total. The van der Waals surface area contributed by atoms with E-state index in [0.717, 1.165) is 79.0 Å². The summed E-state index contributed by atoms with van der Waals surface area (Å²) in [5.74, 6) is 0. The fourth-order valence-electron chi connectivity index (χ4n) is 12.9. The first kappa shape index (κ1) is 78.3. The third-order valence-corrected chi connectivity index (χ3v) is 20.7. The van der Waals surface area contributed by atoms with Gasteiger partial charge in [0.25, 0.3) is 0 Å². The molecule has 0 atom stereocenters. The molecule has 0 spiro atoms. The second kappa shape index (κ2) is 60.1. The molecule has 0 fully saturated rings. The van der Waals surface area contributed by atoms with Crippen molar-refractivity contribution in [3.63, 3.8) is 0 Å². The third kappa shape index (κ3) is 42.2. The first-order valence-electron chi connectivity index (χ1n) is 38.1. The Morgan fingerprint density at radius 1 is 0.274 bits per heavy atom. The van der Waals surface area contributed by atoms with E-state index < -0.39 is 0 Å². The molecule has 1 heterocycles. The summed E-state index contributed by atoms with van der Waals surface area (Å²) in [4.78, 5) is 3.10. The molecule has 1 aliphatic rings. The Bertz CT molecular complexity index is 1780. The summed E-state index contributed by atoms with van der Waals surface area (Å²) in [7, 11) is 0. The van der Waals surface area contributed by atoms with E-state index in [4.69, 9.17) is 0 Å². The topological polar surface area (TPSA) is 25.3 Å². The number of hydrogen-bond donors (Lipinski definition) is 0. The Kier molecular flexibility index (Phi) is 56.0. The Morgan fingerprint density at radius 2 is 0.524 bits per heavy atom. The minimum atomic E-state index is 1.00. The molecule has 0 amide bonds. The molecule has 0 N–H and O–H groups in total. The molecule has 2 aromatic rings. The van der Waals surface area contributed by atoms with Crippen LogP contribution < -0.4 is 0 Å². The van der Waals surface area contributed by atoms with Crippen LogP contribution in [-0.4, -0.2) is 4.70 Å². The van der Waals surface area contributed by atoms with Crippen LogP contribution in [0.2, 0.25) is 9.79 Å². The van der Waals surface area contributed by atoms with Crippen molar-refractivity contribution in [2.45, 2.75) is 417 Å². The van der Waals surface area contributed by atoms with Crippen LogP contribution in [0.3, 0.4) is 0 Å². The van der Waals surface area contributed by atoms with Gasteiger partial charge in [-0.05, 0) is 80.3 Å². The van der Waals surface area contributed by atoms with Crippen LogP contribution in [-0.2, 0) is 30.8 Å². The molecular formula is C81H144N2Pd. The molecule has 1 aliphatic heterocycles. The normalized spacial score (nSPS) is 12.6. The molecule has 0 aromatic heterocycles. The van der Waals surface area contributed by atoms with Crippen molar-refractivity contribution in [3.8, 4) is 0 Å². The molecule has 0 unspecified atom stereocenters. The molecule has 84 heavy (non-hydrogen) atoms. The van der Waals surface area contributed by atoms with Gasteiger partial charge in [-0.2, -0.15) is 0 Å². The van der Waals surface area contributed by atoms with Gasteiger partial charge in [0.2, 0.25) is 11.4 Å². The first-order valence-corrected chi connectivity index (χ1v) is 40.3. The van der Waals surface area contributed by atoms with Gasteiger partial charge in [0, 0.05) is 22.3 Å². The molecular weight excluding hydrogens is 1110 g/mol. The van der Waals surface area contributed by atoms with E-state index in [2.05, 4.69) is 90.1 Å². The number of benzene rings is 2. The van der Waals surface area contributed by atoms with Crippen molar-refractivity contribution < 1.29 is 22.7 Å². The van der Waals surface area contributed by atoms with Gasteiger partial charge in [0.05, 0.1) is 0 Å². The predicted molar refractivity (Wildman–Crippen MR) is 375 cm³/mol. The molecule has 0 aliphatic carbocycles. The number of nitrogens with zero attached hydrogens (tertiary/aromatic N) is 2. The van der Waals surface area contributed by atoms with Crippen LogP contribution in [0.15, 0.2) is 59.7 Å². The summed E-state index contributed by atoms with van der Waals surface area (Å²) < 4.78 is 1.55. The van der Waals surface area contributed by atoms with Gasteiger partial charge in [-0.25, -0.2) is 4.70 Å². The van der Waals surface area contributed by atoms with Crippen LogP contribution in [0.1, 0.15) is 417 Å². The number of unbranched alkanes of at least 4 members (excludes halogenated alkanes) is 48. The predicted octanol–water partition coefficient (Wildman–Crippen LogP) is 29.4. The minimum absolute atomic E-state index is 1.00. The summed E-state index contributed by atoms with van der Waals surface area (Å²) in [6, 6.07) is 17.8. The Hall–Kier alpha value is -1.82. The summed E-state index contributed by atoms with van der Waals surface area (Å²) >= 11 is 1.06. The number of allylic oxidation sites excluding steroid dienone is 2. The van der Waals surface area contributed by atoms with Crippen molar-refractivity contribution in [1.29, 1.82) is 0 Å². The maximum atomic E-state index is 11.9. The van der Waals surface area contributed by atoms with Gasteiger partial charge < -0.3 is 5.53 Å². The van der Waals surface area contributed by atoms with E-state index in [-0.39, 0.29) is 0 Å². The standard InChI is InChI=1S/C35H50N2.2C23H47.Pd/c1-5-9-12-13-14-16-25-33-32(24-11-7-3)35(31-23-18-21-29(27-31)19-15-10-6-2)37(36)34(33)30-22-17-20-28(8-4)26-30;2*1-3-5-7-9-11-13-15-17-19-21-23-22-20-18-16-14-12-10-8-6-4-2;/h17-18,20-23,26-27H,5-16,19,24-25H2,1-4H3;2*1,3-23H2,2H3;. The monoisotopic (exact) mass is 1250 g/mol. The molecule has 3 rings (SSSR count). The molecule has 0 saturated heterocycles. The van der Waals surface area contributed by atoms with Crippen molar-refractivity contribution in [2.24, 2.45) is 0 Å². The molecule has 0 radical (unpaired) electrons. The third-order valence-electron chi connectivity index (χ3n) is 18.5. The average Bonchev–Trinajstić information content (AvgIpc) is 2.99. The molecule has 2 aromatic carbocycles. The van der Waals surface area contributed by atoms with E-state index in [1.165, 1.54) is 350 Å². The number of hydrogen-bond acceptors (Lipinski definition) is 0. The molecule has 488 valence electrons. The number of rotatable bonds is 61. The quantitative estimate of drug-likeness (QED) is 0.0358. The summed E-state index contributed by atoms with van der Waals surface area (Å²) in [5, 5.41) is 0. The van der Waals surface area contributed by atoms with Crippen molar-refractivity contribution in [1.82, 2.24) is 0 Å². The van der Waals surface area contributed by atoms with Gasteiger partial charge in [-0.15, -0.1) is 0 Å². The summed E-state index contributed by atoms with van der Waals surface area (Å²) in [5.41, 5.74) is 21.6. The Morgan fingerprint density at radius 3 is 0.845 bits per heavy atom. The fraction of sp³-hybridized carbons (Fsp3) is 0.802. The van der Waals surface area contributed by atoms with E-state index in [9.17, 15) is 5.53 Å². The molecule has 3 heteroatoms. The minimum Gasteiger partial charge on any atom is -0.0654 e. The van der Waals surface area contributed by atoms with Crippen LogP contribution in [0.4, 0.5) is 0 Å². The van der Waals surface area contributed by atoms with Gasteiger partial charge in [0.15, 0.2) is 0 Å².